The van der Waals surface area contributed by atoms with Crippen molar-refractivity contribution in [1.29, 1.82) is 0 Å². The number of anilines is 1. The van der Waals surface area contributed by atoms with Crippen LogP contribution in [0.3, 0.4) is 0 Å². The molecule has 142 valence electrons. The zero-order valence-electron chi connectivity index (χ0n) is 15.0. The Morgan fingerprint density at radius 3 is 2.68 bits per heavy atom. The molecule has 1 aromatic rings. The lowest BCUT2D eigenvalue weighted by Gasteiger charge is -2.33. The van der Waals surface area contributed by atoms with E-state index in [2.05, 4.69) is 45.0 Å². The Morgan fingerprint density at radius 2 is 2.08 bits per heavy atom. The van der Waals surface area contributed by atoms with Crippen LogP contribution in [0.5, 0.6) is 0 Å². The van der Waals surface area contributed by atoms with Gasteiger partial charge in [0, 0.05) is 25.7 Å². The minimum absolute atomic E-state index is 0. The smallest absolute Gasteiger partial charge is 0.191 e. The Kier molecular flexibility index (Phi) is 8.28. The van der Waals surface area contributed by atoms with Crippen molar-refractivity contribution in [2.45, 2.75) is 57.1 Å². The molecule has 0 radical (unpaired) electrons. The summed E-state index contributed by atoms with van der Waals surface area (Å²) in [5, 5.41) is 20.9. The molecule has 1 aliphatic carbocycles. The molecule has 0 amide bonds. The predicted octanol–water partition coefficient (Wildman–Crippen LogP) is 3.20. The lowest BCUT2D eigenvalue weighted by molar-refractivity contribution is 0.0574. The van der Waals surface area contributed by atoms with Crippen molar-refractivity contribution in [2.24, 2.45) is 4.99 Å². The maximum absolute atomic E-state index is 10.5. The highest BCUT2D eigenvalue weighted by Gasteiger charge is 2.31. The monoisotopic (exact) mass is 478 g/mol. The maximum atomic E-state index is 10.5. The molecule has 1 aliphatic heterocycles. The van der Waals surface area contributed by atoms with Gasteiger partial charge in [-0.2, -0.15) is 0 Å². The van der Waals surface area contributed by atoms with Gasteiger partial charge in [0.25, 0.3) is 0 Å². The molecule has 0 bridgehead atoms. The van der Waals surface area contributed by atoms with Gasteiger partial charge in [0.15, 0.2) is 5.96 Å². The average molecular weight is 478 g/mol. The molecule has 1 saturated heterocycles. The van der Waals surface area contributed by atoms with Gasteiger partial charge in [-0.25, -0.2) is 0 Å². The molecule has 0 spiro atoms. The van der Waals surface area contributed by atoms with Crippen molar-refractivity contribution in [2.75, 3.05) is 31.1 Å². The average Bonchev–Trinajstić information content (AvgIpc) is 3.26. The molecule has 2 heterocycles. The maximum Gasteiger partial charge on any atom is 0.191 e. The summed E-state index contributed by atoms with van der Waals surface area (Å²) in [5.74, 6) is 0.854. The number of hydrogen-bond donors (Lipinski definition) is 3. The summed E-state index contributed by atoms with van der Waals surface area (Å²) in [7, 11) is 0. The molecule has 5 nitrogen and oxygen atoms in total. The fourth-order valence-corrected chi connectivity index (χ4v) is 4.41. The number of nitrogens with one attached hydrogen (secondary N) is 2. The molecule has 25 heavy (non-hydrogen) atoms. The first-order valence-electron chi connectivity index (χ1n) is 9.24. The Balaban J connectivity index is 0.00000225. The van der Waals surface area contributed by atoms with Crippen LogP contribution in [0.2, 0.25) is 0 Å². The van der Waals surface area contributed by atoms with Crippen LogP contribution < -0.4 is 15.5 Å². The van der Waals surface area contributed by atoms with Crippen LogP contribution in [0.4, 0.5) is 5.00 Å². The molecular weight excluding hydrogens is 447 g/mol. The summed E-state index contributed by atoms with van der Waals surface area (Å²) in [6.45, 7) is 5.61. The van der Waals surface area contributed by atoms with Gasteiger partial charge in [-0.05, 0) is 50.1 Å². The van der Waals surface area contributed by atoms with Crippen molar-refractivity contribution in [3.63, 3.8) is 0 Å². The molecule has 0 atom stereocenters. The van der Waals surface area contributed by atoms with E-state index in [9.17, 15) is 5.11 Å². The van der Waals surface area contributed by atoms with Crippen LogP contribution in [-0.4, -0.2) is 48.9 Å². The molecule has 1 saturated carbocycles. The summed E-state index contributed by atoms with van der Waals surface area (Å²) in [4.78, 5) is 7.13. The highest BCUT2D eigenvalue weighted by molar-refractivity contribution is 14.0. The predicted molar refractivity (Wildman–Crippen MR) is 118 cm³/mol. The van der Waals surface area contributed by atoms with E-state index >= 15 is 0 Å². The number of nitrogens with zero attached hydrogens (tertiary/aromatic N) is 2. The standard InChI is InChI=1S/C18H30N4OS.HI/c1-2-19-17(20-14-18(23)9-3-4-10-18)21-15-7-11-22(12-8-15)16-6-5-13-24-16;/h5-6,13,15,23H,2-4,7-12,14H2,1H3,(H2,19,20,21);1H. The molecule has 0 aromatic carbocycles. The number of hydrogen-bond acceptors (Lipinski definition) is 4. The summed E-state index contributed by atoms with van der Waals surface area (Å²) < 4.78 is 0. The number of aliphatic hydroxyl groups is 1. The van der Waals surface area contributed by atoms with Gasteiger partial charge in [0.05, 0.1) is 17.1 Å². The van der Waals surface area contributed by atoms with E-state index in [0.29, 0.717) is 12.6 Å². The highest BCUT2D eigenvalue weighted by Crippen LogP contribution is 2.29. The van der Waals surface area contributed by atoms with Crippen LogP contribution >= 0.6 is 35.3 Å². The number of aliphatic imine (C=N–C) groups is 1. The van der Waals surface area contributed by atoms with Crippen molar-refractivity contribution in [3.05, 3.63) is 17.5 Å². The molecule has 7 heteroatoms. The first-order valence-corrected chi connectivity index (χ1v) is 10.1. The number of piperidine rings is 1. The molecule has 0 unspecified atom stereocenters. The molecule has 2 fully saturated rings. The van der Waals surface area contributed by atoms with Gasteiger partial charge >= 0.3 is 0 Å². The van der Waals surface area contributed by atoms with E-state index in [1.54, 1.807) is 0 Å². The fourth-order valence-electron chi connectivity index (χ4n) is 3.62. The minimum atomic E-state index is -0.578. The second kappa shape index (κ2) is 9.97. The Labute approximate surface area is 172 Å². The van der Waals surface area contributed by atoms with Crippen LogP contribution in [0, 0.1) is 0 Å². The van der Waals surface area contributed by atoms with Crippen LogP contribution in [0.15, 0.2) is 22.5 Å². The van der Waals surface area contributed by atoms with Gasteiger partial charge < -0.3 is 20.6 Å². The van der Waals surface area contributed by atoms with E-state index in [1.807, 2.05) is 11.3 Å². The van der Waals surface area contributed by atoms with Crippen molar-refractivity contribution >= 4 is 46.3 Å². The highest BCUT2D eigenvalue weighted by atomic mass is 127. The second-order valence-electron chi connectivity index (χ2n) is 6.98. The molecule has 2 aliphatic rings. The third kappa shape index (κ3) is 5.99. The third-order valence-electron chi connectivity index (χ3n) is 5.06. The molecular formula is C18H31IN4OS. The first kappa shape index (κ1) is 20.8. The normalized spacial score (nSPS) is 21.0. The SMILES string of the molecule is CCNC(=NCC1(O)CCCC1)NC1CCN(c2cccs2)CC1.I. The largest absolute Gasteiger partial charge is 0.388 e. The zero-order chi connectivity index (χ0) is 16.8. The topological polar surface area (TPSA) is 59.9 Å². The number of guanidine groups is 1. The number of thiophene rings is 1. The Hall–Kier alpha value is -0.540. The van der Waals surface area contributed by atoms with Crippen molar-refractivity contribution in [3.8, 4) is 0 Å². The van der Waals surface area contributed by atoms with Gasteiger partial charge in [0.2, 0.25) is 0 Å². The lowest BCUT2D eigenvalue weighted by Crippen LogP contribution is -2.49. The molecule has 3 rings (SSSR count). The van der Waals surface area contributed by atoms with Gasteiger partial charge in [0.1, 0.15) is 0 Å². The summed E-state index contributed by atoms with van der Waals surface area (Å²) in [6.07, 6.45) is 6.25. The van der Waals surface area contributed by atoms with E-state index in [-0.39, 0.29) is 24.0 Å². The Morgan fingerprint density at radius 1 is 1.36 bits per heavy atom. The third-order valence-corrected chi connectivity index (χ3v) is 5.99. The van der Waals surface area contributed by atoms with E-state index in [1.165, 1.54) is 5.00 Å². The lowest BCUT2D eigenvalue weighted by atomic mass is 10.0. The molecule has 3 N–H and O–H groups in total. The first-order chi connectivity index (χ1) is 11.7. The summed E-state index contributed by atoms with van der Waals surface area (Å²) in [5.41, 5.74) is -0.578. The van der Waals surface area contributed by atoms with Crippen LogP contribution in [0.25, 0.3) is 0 Å². The fraction of sp³-hybridized carbons (Fsp3) is 0.722. The van der Waals surface area contributed by atoms with Crippen LogP contribution in [0.1, 0.15) is 45.4 Å². The van der Waals surface area contributed by atoms with Gasteiger partial charge in [-0.1, -0.05) is 12.8 Å². The Bertz CT molecular complexity index is 523. The quantitative estimate of drug-likeness (QED) is 0.346. The molecule has 1 aromatic heterocycles. The zero-order valence-corrected chi connectivity index (χ0v) is 18.2. The van der Waals surface area contributed by atoms with Gasteiger partial charge in [-0.3, -0.25) is 4.99 Å². The summed E-state index contributed by atoms with van der Waals surface area (Å²) >= 11 is 1.82. The summed E-state index contributed by atoms with van der Waals surface area (Å²) in [6, 6.07) is 4.78. The number of halogens is 1. The van der Waals surface area contributed by atoms with Crippen molar-refractivity contribution in [1.82, 2.24) is 10.6 Å². The minimum Gasteiger partial charge on any atom is -0.388 e. The number of rotatable bonds is 5. The van der Waals surface area contributed by atoms with Crippen molar-refractivity contribution < 1.29 is 5.11 Å². The van der Waals surface area contributed by atoms with E-state index in [0.717, 1.165) is 64.1 Å². The second-order valence-corrected chi connectivity index (χ2v) is 7.91. The van der Waals surface area contributed by atoms with E-state index < -0.39 is 5.60 Å². The van der Waals surface area contributed by atoms with Gasteiger partial charge in [-0.15, -0.1) is 35.3 Å². The van der Waals surface area contributed by atoms with Crippen LogP contribution in [-0.2, 0) is 0 Å². The van der Waals surface area contributed by atoms with E-state index in [4.69, 9.17) is 0 Å².